The third-order valence-electron chi connectivity index (χ3n) is 5.99. The topological polar surface area (TPSA) is 65.1 Å². The van der Waals surface area contributed by atoms with Gasteiger partial charge in [-0.15, -0.1) is 0 Å². The summed E-state index contributed by atoms with van der Waals surface area (Å²) in [6.45, 7) is 3.91. The number of methoxy groups -OCH3 is 2. The van der Waals surface area contributed by atoms with Crippen LogP contribution in [-0.2, 0) is 20.7 Å². The molecule has 0 saturated carbocycles. The highest BCUT2D eigenvalue weighted by Gasteiger charge is 2.36. The zero-order valence-electron chi connectivity index (χ0n) is 18.8. The number of carbonyl (C=O) groups is 2. The van der Waals surface area contributed by atoms with E-state index in [-0.39, 0.29) is 17.7 Å². The van der Waals surface area contributed by atoms with Crippen LogP contribution >= 0.6 is 0 Å². The number of hydrogen-bond acceptors (Lipinski definition) is 6. The van der Waals surface area contributed by atoms with E-state index in [0.29, 0.717) is 17.1 Å². The average molecular weight is 444 g/mol. The Balaban J connectivity index is 1.71. The van der Waals surface area contributed by atoms with E-state index in [9.17, 15) is 14.0 Å². The molecule has 0 aromatic heterocycles. The van der Waals surface area contributed by atoms with E-state index in [2.05, 4.69) is 4.90 Å². The van der Waals surface area contributed by atoms with Crippen molar-refractivity contribution in [1.82, 2.24) is 4.90 Å². The van der Waals surface area contributed by atoms with Crippen LogP contribution in [0.1, 0.15) is 36.8 Å². The lowest BCUT2D eigenvalue weighted by Crippen LogP contribution is -2.38. The van der Waals surface area contributed by atoms with Gasteiger partial charge in [-0.25, -0.2) is 4.39 Å². The summed E-state index contributed by atoms with van der Waals surface area (Å²) < 4.78 is 29.0. The first-order chi connectivity index (χ1) is 15.4. The molecule has 0 N–H and O–H groups in total. The minimum atomic E-state index is -0.510. The van der Waals surface area contributed by atoms with Gasteiger partial charge in [0.2, 0.25) is 0 Å². The molecule has 2 aromatic carbocycles. The molecule has 7 heteroatoms. The van der Waals surface area contributed by atoms with Gasteiger partial charge >= 0.3 is 11.9 Å². The summed E-state index contributed by atoms with van der Waals surface area (Å²) in [7, 11) is 2.88. The fraction of sp³-hybridized carbons (Fsp3) is 0.440. The molecule has 1 fully saturated rings. The van der Waals surface area contributed by atoms with Gasteiger partial charge in [-0.05, 0) is 62.0 Å². The second-order valence-electron chi connectivity index (χ2n) is 8.03. The number of hydrogen-bond donors (Lipinski definition) is 0. The minimum Gasteiger partial charge on any atom is -0.493 e. The van der Waals surface area contributed by atoms with Crippen LogP contribution in [0.5, 0.6) is 11.5 Å². The van der Waals surface area contributed by atoms with Gasteiger partial charge < -0.3 is 19.1 Å². The maximum Gasteiger partial charge on any atom is 0.313 e. The van der Waals surface area contributed by atoms with Crippen molar-refractivity contribution in [2.45, 2.75) is 32.1 Å². The Morgan fingerprint density at radius 2 is 1.78 bits per heavy atom. The highest BCUT2D eigenvalue weighted by molar-refractivity contribution is 5.80. The summed E-state index contributed by atoms with van der Waals surface area (Å²) >= 11 is 0. The van der Waals surface area contributed by atoms with Crippen LogP contribution in [0.25, 0.3) is 0 Å². The number of rotatable bonds is 8. The lowest BCUT2D eigenvalue weighted by molar-refractivity contribution is -0.144. The van der Waals surface area contributed by atoms with E-state index in [1.54, 1.807) is 12.1 Å². The van der Waals surface area contributed by atoms with Crippen LogP contribution in [0.3, 0.4) is 0 Å². The van der Waals surface area contributed by atoms with Crippen LogP contribution in [0.2, 0.25) is 0 Å². The van der Waals surface area contributed by atoms with Crippen molar-refractivity contribution in [1.29, 1.82) is 0 Å². The predicted molar refractivity (Wildman–Crippen MR) is 118 cm³/mol. The molecule has 32 heavy (non-hydrogen) atoms. The molecule has 1 aliphatic rings. The monoisotopic (exact) mass is 443 g/mol. The molecule has 1 aliphatic heterocycles. The molecule has 0 bridgehead atoms. The Labute approximate surface area is 188 Å². The van der Waals surface area contributed by atoms with Gasteiger partial charge in [-0.3, -0.25) is 9.59 Å². The molecule has 6 nitrogen and oxygen atoms in total. The molecular weight excluding hydrogens is 413 g/mol. The first-order valence-corrected chi connectivity index (χ1v) is 10.8. The smallest absolute Gasteiger partial charge is 0.313 e. The van der Waals surface area contributed by atoms with Crippen molar-refractivity contribution in [2.24, 2.45) is 5.92 Å². The lowest BCUT2D eigenvalue weighted by Gasteiger charge is -2.35. The molecule has 172 valence electrons. The largest absolute Gasteiger partial charge is 0.493 e. The van der Waals surface area contributed by atoms with E-state index in [0.717, 1.165) is 44.5 Å². The third-order valence-corrected chi connectivity index (χ3v) is 5.99. The quantitative estimate of drug-likeness (QED) is 0.454. The second-order valence-corrected chi connectivity index (χ2v) is 8.03. The molecule has 1 atom stereocenters. The normalized spacial score (nSPS) is 15.8. The van der Waals surface area contributed by atoms with Crippen molar-refractivity contribution >= 4 is 11.9 Å². The van der Waals surface area contributed by atoms with Crippen molar-refractivity contribution < 1.29 is 28.2 Å². The third kappa shape index (κ3) is 5.85. The molecule has 0 amide bonds. The molecule has 1 heterocycles. The zero-order valence-corrected chi connectivity index (χ0v) is 18.8. The van der Waals surface area contributed by atoms with E-state index < -0.39 is 11.9 Å². The van der Waals surface area contributed by atoms with E-state index >= 15 is 0 Å². The number of likely N-dealkylation sites (tertiary alicyclic amines) is 1. The van der Waals surface area contributed by atoms with Crippen LogP contribution in [0, 0.1) is 11.7 Å². The Morgan fingerprint density at radius 3 is 2.38 bits per heavy atom. The number of nitrogens with zero attached hydrogens (tertiary/aromatic N) is 1. The summed E-state index contributed by atoms with van der Waals surface area (Å²) in [4.78, 5) is 26.6. The van der Waals surface area contributed by atoms with Gasteiger partial charge in [0.05, 0.1) is 20.1 Å². The fourth-order valence-corrected chi connectivity index (χ4v) is 4.38. The molecule has 0 spiro atoms. The summed E-state index contributed by atoms with van der Waals surface area (Å²) in [6.07, 6.45) is 2.50. The molecule has 3 rings (SSSR count). The Hall–Kier alpha value is -2.93. The van der Waals surface area contributed by atoms with Gasteiger partial charge in [-0.1, -0.05) is 24.3 Å². The standard InChI is InChI=1S/C25H30FNO5/c1-17(28)32-22-6-4-5-21(24(22)30-2)23(25(29)31-3)19-12-15-27(16-13-19)14-11-18-7-9-20(26)10-8-18/h4-10,19,23H,11-16H2,1-3H3. The van der Waals surface area contributed by atoms with Gasteiger partial charge in [0.15, 0.2) is 11.5 Å². The van der Waals surface area contributed by atoms with E-state index in [1.165, 1.54) is 33.3 Å². The summed E-state index contributed by atoms with van der Waals surface area (Å²) in [5.74, 6) is -0.759. The highest BCUT2D eigenvalue weighted by Crippen LogP contribution is 2.42. The van der Waals surface area contributed by atoms with Crippen molar-refractivity contribution in [3.05, 3.63) is 59.4 Å². The van der Waals surface area contributed by atoms with Gasteiger partial charge in [0.25, 0.3) is 0 Å². The Morgan fingerprint density at radius 1 is 1.09 bits per heavy atom. The maximum absolute atomic E-state index is 13.1. The highest BCUT2D eigenvalue weighted by atomic mass is 19.1. The number of halogens is 1. The molecule has 1 saturated heterocycles. The number of esters is 2. The molecule has 2 aromatic rings. The minimum absolute atomic E-state index is 0.0750. The molecule has 0 aliphatic carbocycles. The number of ether oxygens (including phenoxy) is 3. The van der Waals surface area contributed by atoms with Crippen molar-refractivity contribution in [3.8, 4) is 11.5 Å². The number of benzene rings is 2. The number of carbonyl (C=O) groups excluding carboxylic acids is 2. The molecule has 0 radical (unpaired) electrons. The average Bonchev–Trinajstić information content (AvgIpc) is 2.79. The van der Waals surface area contributed by atoms with Crippen LogP contribution in [0.4, 0.5) is 4.39 Å². The molecule has 1 unspecified atom stereocenters. The Bertz CT molecular complexity index is 922. The van der Waals surface area contributed by atoms with Gasteiger partial charge in [-0.2, -0.15) is 0 Å². The summed E-state index contributed by atoms with van der Waals surface area (Å²) in [6, 6.07) is 11.8. The first-order valence-electron chi connectivity index (χ1n) is 10.8. The van der Waals surface area contributed by atoms with Crippen LogP contribution in [0.15, 0.2) is 42.5 Å². The summed E-state index contributed by atoms with van der Waals surface area (Å²) in [5, 5.41) is 0. The number of piperidine rings is 1. The zero-order chi connectivity index (χ0) is 23.1. The van der Waals surface area contributed by atoms with Crippen LogP contribution < -0.4 is 9.47 Å². The maximum atomic E-state index is 13.1. The number of para-hydroxylation sites is 1. The fourth-order valence-electron chi connectivity index (χ4n) is 4.38. The first kappa shape index (κ1) is 23.7. The Kier molecular flexibility index (Phi) is 8.22. The predicted octanol–water partition coefficient (Wildman–Crippen LogP) is 3.97. The molecular formula is C25H30FNO5. The van der Waals surface area contributed by atoms with E-state index in [1.807, 2.05) is 18.2 Å². The van der Waals surface area contributed by atoms with Crippen molar-refractivity contribution in [2.75, 3.05) is 33.9 Å². The summed E-state index contributed by atoms with van der Waals surface area (Å²) in [5.41, 5.74) is 1.77. The van der Waals surface area contributed by atoms with Crippen LogP contribution in [-0.4, -0.2) is 50.7 Å². The lowest BCUT2D eigenvalue weighted by atomic mass is 9.79. The van der Waals surface area contributed by atoms with Gasteiger partial charge in [0, 0.05) is 19.0 Å². The SMILES string of the molecule is COC(=O)C(c1cccc(OC(C)=O)c1OC)C1CCN(CCc2ccc(F)cc2)CC1. The van der Waals surface area contributed by atoms with Crippen molar-refractivity contribution in [3.63, 3.8) is 0 Å². The van der Waals surface area contributed by atoms with E-state index in [4.69, 9.17) is 14.2 Å². The second kappa shape index (κ2) is 11.1. The van der Waals surface area contributed by atoms with Gasteiger partial charge in [0.1, 0.15) is 5.82 Å².